The third kappa shape index (κ3) is 8.79. The molecule has 1 aliphatic rings. The van der Waals surface area contributed by atoms with Gasteiger partial charge in [0.05, 0.1) is 48.6 Å². The first kappa shape index (κ1) is 31.1. The predicted octanol–water partition coefficient (Wildman–Crippen LogP) is 3.08. The van der Waals surface area contributed by atoms with Gasteiger partial charge in [0.25, 0.3) is 5.91 Å². The number of aromatic nitrogens is 1. The number of thiazole rings is 1. The van der Waals surface area contributed by atoms with Crippen molar-refractivity contribution in [1.82, 2.24) is 15.2 Å². The Hall–Kier alpha value is -2.40. The number of halogens is 5. The lowest BCUT2D eigenvalue weighted by molar-refractivity contribution is -0.141. The Labute approximate surface area is 226 Å². The van der Waals surface area contributed by atoms with Gasteiger partial charge >= 0.3 is 12.8 Å². The Bertz CT molecular complexity index is 1190. The van der Waals surface area contributed by atoms with Crippen LogP contribution in [0.4, 0.5) is 27.1 Å². The second-order valence-electron chi connectivity index (χ2n) is 8.80. The summed E-state index contributed by atoms with van der Waals surface area (Å²) in [4.78, 5) is 20.5. The summed E-state index contributed by atoms with van der Waals surface area (Å²) >= 11 is 0.961. The fourth-order valence-corrected chi connectivity index (χ4v) is 5.83. The maximum absolute atomic E-state index is 12.9. The number of nitrogens with one attached hydrogen (secondary N) is 1. The number of ether oxygens (including phenoxy) is 1. The summed E-state index contributed by atoms with van der Waals surface area (Å²) in [6.07, 6.45) is -4.09. The van der Waals surface area contributed by atoms with Gasteiger partial charge in [-0.1, -0.05) is 30.4 Å². The molecular weight excluding hydrogens is 571 g/mol. The lowest BCUT2D eigenvalue weighted by Crippen LogP contribution is -2.55. The minimum Gasteiger partial charge on any atom is -0.394 e. The van der Waals surface area contributed by atoms with Crippen LogP contribution in [0.15, 0.2) is 35.4 Å². The van der Waals surface area contributed by atoms with E-state index in [1.54, 1.807) is 4.90 Å². The Morgan fingerprint density at radius 2 is 1.95 bits per heavy atom. The molecule has 2 atom stereocenters. The summed E-state index contributed by atoms with van der Waals surface area (Å²) in [5.41, 5.74) is 0.477. The standard InChI is InChI=1S/C23H29F5N4O5S2/c1-2-39(35,36)17-5-3-15(4-6-17)18(13-33)30-20(34)19-11-29-22(38-19)32-10-9-31(8-7-23(26,27)28)12-16(32)14-37-21(24)25/h3-6,11,16,18,21,33H,2,7-10,12-14H2,1H3,(H,30,34)/t16-,18-/m0/s1. The first-order valence-electron chi connectivity index (χ1n) is 12.0. The smallest absolute Gasteiger partial charge is 0.390 e. The normalized spacial score (nSPS) is 17.9. The summed E-state index contributed by atoms with van der Waals surface area (Å²) in [5, 5.41) is 12.8. The number of carbonyl (C=O) groups excluding carboxylic acids is 1. The van der Waals surface area contributed by atoms with E-state index in [4.69, 9.17) is 0 Å². The zero-order valence-corrected chi connectivity index (χ0v) is 22.5. The van der Waals surface area contributed by atoms with Crippen LogP contribution < -0.4 is 10.2 Å². The molecule has 1 fully saturated rings. The zero-order valence-electron chi connectivity index (χ0n) is 20.9. The van der Waals surface area contributed by atoms with Crippen LogP contribution in [-0.4, -0.2) is 93.3 Å². The van der Waals surface area contributed by atoms with Gasteiger partial charge in [0, 0.05) is 26.2 Å². The molecule has 1 aliphatic heterocycles. The molecule has 3 rings (SSSR count). The molecule has 0 aliphatic carbocycles. The quantitative estimate of drug-likeness (QED) is 0.358. The molecule has 1 aromatic heterocycles. The highest BCUT2D eigenvalue weighted by Gasteiger charge is 2.33. The number of carbonyl (C=O) groups is 1. The summed E-state index contributed by atoms with van der Waals surface area (Å²) < 4.78 is 91.8. The molecule has 1 saturated heterocycles. The average Bonchev–Trinajstić information content (AvgIpc) is 3.39. The van der Waals surface area contributed by atoms with E-state index in [2.05, 4.69) is 15.0 Å². The average molecular weight is 601 g/mol. The highest BCUT2D eigenvalue weighted by Crippen LogP contribution is 2.28. The largest absolute Gasteiger partial charge is 0.394 e. The van der Waals surface area contributed by atoms with Crippen LogP contribution in [-0.2, 0) is 14.6 Å². The van der Waals surface area contributed by atoms with Crippen molar-refractivity contribution in [2.24, 2.45) is 0 Å². The van der Waals surface area contributed by atoms with E-state index >= 15 is 0 Å². The van der Waals surface area contributed by atoms with Crippen molar-refractivity contribution >= 4 is 32.2 Å². The molecule has 39 heavy (non-hydrogen) atoms. The third-order valence-electron chi connectivity index (χ3n) is 6.17. The number of aliphatic hydroxyl groups is 1. The van der Waals surface area contributed by atoms with Crippen LogP contribution in [0.1, 0.15) is 34.6 Å². The van der Waals surface area contributed by atoms with E-state index in [1.165, 1.54) is 42.3 Å². The van der Waals surface area contributed by atoms with E-state index in [0.717, 1.165) is 11.3 Å². The van der Waals surface area contributed by atoms with Crippen LogP contribution >= 0.6 is 11.3 Å². The van der Waals surface area contributed by atoms with E-state index in [0.29, 0.717) is 10.7 Å². The molecular formula is C23H29F5N4O5S2. The second kappa shape index (κ2) is 13.3. The van der Waals surface area contributed by atoms with Crippen molar-refractivity contribution in [1.29, 1.82) is 0 Å². The molecule has 1 aromatic carbocycles. The van der Waals surface area contributed by atoms with Crippen molar-refractivity contribution in [3.05, 3.63) is 40.9 Å². The number of anilines is 1. The van der Waals surface area contributed by atoms with Crippen LogP contribution in [0.3, 0.4) is 0 Å². The van der Waals surface area contributed by atoms with Crippen molar-refractivity contribution in [2.75, 3.05) is 50.0 Å². The number of benzene rings is 1. The van der Waals surface area contributed by atoms with Gasteiger partial charge in [-0.3, -0.25) is 9.69 Å². The van der Waals surface area contributed by atoms with Gasteiger partial charge in [0.1, 0.15) is 4.88 Å². The molecule has 218 valence electrons. The fourth-order valence-electron chi connectivity index (χ4n) is 4.03. The van der Waals surface area contributed by atoms with Crippen molar-refractivity contribution in [2.45, 2.75) is 43.1 Å². The van der Waals surface area contributed by atoms with Gasteiger partial charge < -0.3 is 20.1 Å². The number of rotatable bonds is 12. The maximum atomic E-state index is 12.9. The predicted molar refractivity (Wildman–Crippen MR) is 134 cm³/mol. The van der Waals surface area contributed by atoms with Crippen molar-refractivity contribution in [3.63, 3.8) is 0 Å². The number of aliphatic hydroxyl groups excluding tert-OH is 1. The molecule has 0 unspecified atom stereocenters. The Balaban J connectivity index is 1.69. The topological polar surface area (TPSA) is 112 Å². The number of hydrogen-bond acceptors (Lipinski definition) is 9. The summed E-state index contributed by atoms with van der Waals surface area (Å²) in [7, 11) is -3.41. The monoisotopic (exact) mass is 600 g/mol. The van der Waals surface area contributed by atoms with Crippen LogP contribution in [0.5, 0.6) is 0 Å². The fraction of sp³-hybridized carbons (Fsp3) is 0.565. The van der Waals surface area contributed by atoms with Gasteiger partial charge in [0.2, 0.25) is 0 Å². The van der Waals surface area contributed by atoms with Gasteiger partial charge in [-0.15, -0.1) is 0 Å². The molecule has 2 heterocycles. The van der Waals surface area contributed by atoms with Gasteiger partial charge in [-0.05, 0) is 17.7 Å². The SMILES string of the molecule is CCS(=O)(=O)c1ccc([C@H](CO)NC(=O)c2cnc(N3CCN(CCC(F)(F)F)C[C@H]3COC(F)F)s2)cc1. The number of hydrogen-bond donors (Lipinski definition) is 2. The first-order valence-corrected chi connectivity index (χ1v) is 14.5. The van der Waals surface area contributed by atoms with E-state index in [9.17, 15) is 40.3 Å². The van der Waals surface area contributed by atoms with Gasteiger partial charge in [-0.2, -0.15) is 22.0 Å². The minimum atomic E-state index is -4.34. The van der Waals surface area contributed by atoms with E-state index in [-0.39, 0.29) is 41.7 Å². The molecule has 2 aromatic rings. The first-order chi connectivity index (χ1) is 18.3. The van der Waals surface area contributed by atoms with E-state index in [1.807, 2.05) is 0 Å². The Morgan fingerprint density at radius 3 is 2.54 bits per heavy atom. The molecule has 16 heteroatoms. The third-order valence-corrected chi connectivity index (χ3v) is 8.95. The number of piperazine rings is 1. The Kier molecular flexibility index (Phi) is 10.6. The molecule has 2 N–H and O–H groups in total. The van der Waals surface area contributed by atoms with Crippen LogP contribution in [0, 0.1) is 0 Å². The van der Waals surface area contributed by atoms with Crippen molar-refractivity contribution in [3.8, 4) is 0 Å². The molecule has 0 radical (unpaired) electrons. The van der Waals surface area contributed by atoms with Crippen molar-refractivity contribution < 1.29 is 45.0 Å². The van der Waals surface area contributed by atoms with Crippen LogP contribution in [0.2, 0.25) is 0 Å². The highest BCUT2D eigenvalue weighted by atomic mass is 32.2. The minimum absolute atomic E-state index is 0.0419. The molecule has 0 bridgehead atoms. The zero-order chi connectivity index (χ0) is 28.8. The summed E-state index contributed by atoms with van der Waals surface area (Å²) in [6.45, 7) is -2.26. The lowest BCUT2D eigenvalue weighted by Gasteiger charge is -2.41. The molecule has 1 amide bonds. The molecule has 0 saturated carbocycles. The molecule has 0 spiro atoms. The number of amides is 1. The summed E-state index contributed by atoms with van der Waals surface area (Å²) in [6, 6.07) is 4.21. The number of alkyl halides is 5. The Morgan fingerprint density at radius 1 is 1.26 bits per heavy atom. The maximum Gasteiger partial charge on any atom is 0.390 e. The summed E-state index contributed by atoms with van der Waals surface area (Å²) in [5.74, 6) is -0.648. The van der Waals surface area contributed by atoms with Gasteiger partial charge in [0.15, 0.2) is 15.0 Å². The highest BCUT2D eigenvalue weighted by molar-refractivity contribution is 7.91. The lowest BCUT2D eigenvalue weighted by atomic mass is 10.1. The van der Waals surface area contributed by atoms with Gasteiger partial charge in [-0.25, -0.2) is 13.4 Å². The van der Waals surface area contributed by atoms with E-state index < -0.39 is 60.3 Å². The van der Waals surface area contributed by atoms with Crippen LogP contribution in [0.25, 0.3) is 0 Å². The second-order valence-corrected chi connectivity index (χ2v) is 12.1. The molecule has 9 nitrogen and oxygen atoms in total. The number of nitrogens with zero attached hydrogens (tertiary/aromatic N) is 3. The number of sulfone groups is 1.